The summed E-state index contributed by atoms with van der Waals surface area (Å²) < 4.78 is 13.8. The van der Waals surface area contributed by atoms with E-state index in [4.69, 9.17) is 18.0 Å². The molecule has 1 aliphatic carbocycles. The predicted molar refractivity (Wildman–Crippen MR) is 76.1 cm³/mol. The molecule has 0 unspecified atom stereocenters. The minimum absolute atomic E-state index is 0.0234. The summed E-state index contributed by atoms with van der Waals surface area (Å²) in [5.41, 5.74) is 6.38. The van der Waals surface area contributed by atoms with Gasteiger partial charge in [0.05, 0.1) is 0 Å². The van der Waals surface area contributed by atoms with Crippen molar-refractivity contribution in [2.24, 2.45) is 11.7 Å². The van der Waals surface area contributed by atoms with Crippen molar-refractivity contribution in [3.63, 3.8) is 0 Å². The lowest BCUT2D eigenvalue weighted by Crippen LogP contribution is -2.29. The number of nitrogens with two attached hydrogens (primary N) is 1. The summed E-state index contributed by atoms with van der Waals surface area (Å²) in [5.74, 6) is -0.272. The third-order valence-corrected chi connectivity index (χ3v) is 3.75. The van der Waals surface area contributed by atoms with E-state index in [1.165, 1.54) is 6.07 Å². The molecule has 1 aromatic rings. The number of carbonyl (C=O) groups excluding carboxylic acids is 1. The second-order valence-electron chi connectivity index (χ2n) is 4.87. The van der Waals surface area contributed by atoms with Gasteiger partial charge in [-0.1, -0.05) is 37.2 Å². The average Bonchev–Trinajstić information content (AvgIpc) is 2.90. The van der Waals surface area contributed by atoms with Gasteiger partial charge in [-0.2, -0.15) is 0 Å². The SMILES string of the molecule is NC(=S)c1ccc(CNC(=O)C2CCCC2)c(F)c1. The second-order valence-corrected chi connectivity index (χ2v) is 5.31. The maximum atomic E-state index is 13.8. The van der Waals surface area contributed by atoms with Crippen LogP contribution in [0, 0.1) is 11.7 Å². The van der Waals surface area contributed by atoms with Gasteiger partial charge in [0.15, 0.2) is 0 Å². The number of hydrogen-bond acceptors (Lipinski definition) is 2. The summed E-state index contributed by atoms with van der Waals surface area (Å²) in [6, 6.07) is 4.58. The van der Waals surface area contributed by atoms with Gasteiger partial charge >= 0.3 is 0 Å². The van der Waals surface area contributed by atoms with Crippen molar-refractivity contribution in [3.05, 3.63) is 35.1 Å². The van der Waals surface area contributed by atoms with Crippen molar-refractivity contribution < 1.29 is 9.18 Å². The molecule has 0 saturated heterocycles. The molecule has 0 atom stereocenters. The van der Waals surface area contributed by atoms with E-state index < -0.39 is 5.82 Å². The number of benzene rings is 1. The number of thiocarbonyl (C=S) groups is 1. The fourth-order valence-corrected chi connectivity index (χ4v) is 2.49. The molecule has 3 nitrogen and oxygen atoms in total. The van der Waals surface area contributed by atoms with Gasteiger partial charge in [0, 0.05) is 23.6 Å². The molecular weight excluding hydrogens is 263 g/mol. The lowest BCUT2D eigenvalue weighted by Gasteiger charge is -2.11. The number of rotatable bonds is 4. The number of hydrogen-bond donors (Lipinski definition) is 2. The van der Waals surface area contributed by atoms with E-state index in [-0.39, 0.29) is 23.4 Å². The monoisotopic (exact) mass is 280 g/mol. The maximum Gasteiger partial charge on any atom is 0.223 e. The highest BCUT2D eigenvalue weighted by atomic mass is 32.1. The van der Waals surface area contributed by atoms with Crippen LogP contribution in [0.5, 0.6) is 0 Å². The number of carbonyl (C=O) groups is 1. The first-order chi connectivity index (χ1) is 9.08. The van der Waals surface area contributed by atoms with Crippen LogP contribution in [0.4, 0.5) is 4.39 Å². The molecule has 1 saturated carbocycles. The number of halogens is 1. The Balaban J connectivity index is 1.95. The zero-order valence-electron chi connectivity index (χ0n) is 10.6. The van der Waals surface area contributed by atoms with Gasteiger partial charge in [-0.05, 0) is 18.9 Å². The third kappa shape index (κ3) is 3.50. The Kier molecular flexibility index (Phi) is 4.47. The molecule has 1 fully saturated rings. The Morgan fingerprint density at radius 1 is 1.42 bits per heavy atom. The molecule has 102 valence electrons. The van der Waals surface area contributed by atoms with Gasteiger partial charge in [0.1, 0.15) is 10.8 Å². The fraction of sp³-hybridized carbons (Fsp3) is 0.429. The Hall–Kier alpha value is -1.49. The molecule has 3 N–H and O–H groups in total. The highest BCUT2D eigenvalue weighted by molar-refractivity contribution is 7.80. The Morgan fingerprint density at radius 3 is 2.68 bits per heavy atom. The molecular formula is C14H17FN2OS. The van der Waals surface area contributed by atoms with E-state index in [0.29, 0.717) is 11.1 Å². The smallest absolute Gasteiger partial charge is 0.223 e. The average molecular weight is 280 g/mol. The highest BCUT2D eigenvalue weighted by Gasteiger charge is 2.22. The van der Waals surface area contributed by atoms with E-state index in [0.717, 1.165) is 25.7 Å². The van der Waals surface area contributed by atoms with Gasteiger partial charge in [-0.25, -0.2) is 4.39 Å². The molecule has 0 radical (unpaired) electrons. The summed E-state index contributed by atoms with van der Waals surface area (Å²) in [4.78, 5) is 12.0. The molecule has 0 spiro atoms. The largest absolute Gasteiger partial charge is 0.389 e. The summed E-state index contributed by atoms with van der Waals surface area (Å²) >= 11 is 4.79. The molecule has 1 amide bonds. The summed E-state index contributed by atoms with van der Waals surface area (Å²) in [6.07, 6.45) is 4.09. The van der Waals surface area contributed by atoms with Crippen molar-refractivity contribution in [1.29, 1.82) is 0 Å². The maximum absolute atomic E-state index is 13.8. The molecule has 1 aromatic carbocycles. The Labute approximate surface area is 117 Å². The van der Waals surface area contributed by atoms with Crippen molar-refractivity contribution in [2.75, 3.05) is 0 Å². The van der Waals surface area contributed by atoms with Crippen LogP contribution in [0.1, 0.15) is 36.8 Å². The minimum Gasteiger partial charge on any atom is -0.389 e. The van der Waals surface area contributed by atoms with Gasteiger partial charge in [-0.3, -0.25) is 4.79 Å². The van der Waals surface area contributed by atoms with Crippen LogP contribution in [0.2, 0.25) is 0 Å². The van der Waals surface area contributed by atoms with E-state index in [9.17, 15) is 9.18 Å². The van der Waals surface area contributed by atoms with Crippen LogP contribution in [-0.4, -0.2) is 10.9 Å². The second kappa shape index (κ2) is 6.10. The Morgan fingerprint density at radius 2 is 2.11 bits per heavy atom. The highest BCUT2D eigenvalue weighted by Crippen LogP contribution is 2.24. The van der Waals surface area contributed by atoms with Gasteiger partial charge in [0.2, 0.25) is 5.91 Å². The van der Waals surface area contributed by atoms with Gasteiger partial charge in [0.25, 0.3) is 0 Å². The van der Waals surface area contributed by atoms with Crippen LogP contribution in [-0.2, 0) is 11.3 Å². The standard InChI is InChI=1S/C14H17FN2OS/c15-12-7-10(13(16)19)5-6-11(12)8-17-14(18)9-3-1-2-4-9/h5-7,9H,1-4,8H2,(H2,16,19)(H,17,18). The molecule has 1 aliphatic rings. The molecule has 0 bridgehead atoms. The number of amides is 1. The van der Waals surface area contributed by atoms with Crippen LogP contribution in [0.25, 0.3) is 0 Å². The van der Waals surface area contributed by atoms with Crippen LogP contribution < -0.4 is 11.1 Å². The molecule has 19 heavy (non-hydrogen) atoms. The lowest BCUT2D eigenvalue weighted by molar-refractivity contribution is -0.124. The quantitative estimate of drug-likeness (QED) is 0.832. The fourth-order valence-electron chi connectivity index (χ4n) is 2.36. The van der Waals surface area contributed by atoms with E-state index in [2.05, 4.69) is 5.32 Å². The molecule has 2 rings (SSSR count). The summed E-state index contributed by atoms with van der Waals surface area (Å²) in [6.45, 7) is 0.207. The minimum atomic E-state index is -0.392. The van der Waals surface area contributed by atoms with E-state index in [1.807, 2.05) is 0 Å². The first-order valence-corrected chi connectivity index (χ1v) is 6.84. The van der Waals surface area contributed by atoms with Crippen LogP contribution in [0.15, 0.2) is 18.2 Å². The van der Waals surface area contributed by atoms with Crippen molar-refractivity contribution in [2.45, 2.75) is 32.2 Å². The normalized spacial score (nSPS) is 15.4. The zero-order valence-corrected chi connectivity index (χ0v) is 11.4. The molecule has 0 aliphatic heterocycles. The van der Waals surface area contributed by atoms with Crippen molar-refractivity contribution in [3.8, 4) is 0 Å². The van der Waals surface area contributed by atoms with Gasteiger partial charge in [-0.15, -0.1) is 0 Å². The first-order valence-electron chi connectivity index (χ1n) is 6.44. The van der Waals surface area contributed by atoms with Crippen molar-refractivity contribution >= 4 is 23.1 Å². The molecule has 5 heteroatoms. The van der Waals surface area contributed by atoms with Crippen LogP contribution in [0.3, 0.4) is 0 Å². The zero-order chi connectivity index (χ0) is 13.8. The molecule has 0 heterocycles. The van der Waals surface area contributed by atoms with Crippen LogP contribution >= 0.6 is 12.2 Å². The van der Waals surface area contributed by atoms with Crippen molar-refractivity contribution in [1.82, 2.24) is 5.32 Å². The first kappa shape index (κ1) is 13.9. The van der Waals surface area contributed by atoms with Gasteiger partial charge < -0.3 is 11.1 Å². The van der Waals surface area contributed by atoms with E-state index >= 15 is 0 Å². The summed E-state index contributed by atoms with van der Waals surface area (Å²) in [5, 5.41) is 2.79. The number of nitrogens with one attached hydrogen (secondary N) is 1. The third-order valence-electron chi connectivity index (χ3n) is 3.52. The summed E-state index contributed by atoms with van der Waals surface area (Å²) in [7, 11) is 0. The topological polar surface area (TPSA) is 55.1 Å². The predicted octanol–water partition coefficient (Wildman–Crippen LogP) is 2.27. The van der Waals surface area contributed by atoms with E-state index in [1.54, 1.807) is 12.1 Å². The Bertz CT molecular complexity index is 498. The lowest BCUT2D eigenvalue weighted by atomic mass is 10.1. The molecule has 0 aromatic heterocycles.